The first kappa shape index (κ1) is 25.0. The minimum Gasteiger partial charge on any atom is -0.494 e. The highest BCUT2D eigenvalue weighted by Crippen LogP contribution is 2.39. The number of methoxy groups -OCH3 is 1. The van der Waals surface area contributed by atoms with E-state index in [1.54, 1.807) is 24.1 Å². The third-order valence-electron chi connectivity index (χ3n) is 5.05. The van der Waals surface area contributed by atoms with Crippen LogP contribution >= 0.6 is 46.9 Å². The predicted molar refractivity (Wildman–Crippen MR) is 129 cm³/mol. The van der Waals surface area contributed by atoms with Crippen molar-refractivity contribution in [3.63, 3.8) is 0 Å². The van der Waals surface area contributed by atoms with Crippen LogP contribution in [0.3, 0.4) is 0 Å². The smallest absolute Gasteiger partial charge is 0.261 e. The van der Waals surface area contributed by atoms with E-state index in [4.69, 9.17) is 32.7 Å². The maximum absolute atomic E-state index is 13.5. The summed E-state index contributed by atoms with van der Waals surface area (Å²) in [6.07, 6.45) is 0. The number of halogens is 4. The third kappa shape index (κ3) is 5.27. The normalized spacial score (nSPS) is 14.2. The molecule has 11 heteroatoms. The number of hydrogen-bond donors (Lipinski definition) is 0. The molecule has 0 radical (unpaired) electrons. The van der Waals surface area contributed by atoms with Crippen LogP contribution in [0, 0.1) is 5.82 Å². The van der Waals surface area contributed by atoms with Gasteiger partial charge in [0.05, 0.1) is 40.6 Å². The SMILES string of the molecule is COc1ccc(Cl)c2sc(N(CCN3CCOCC3)C(=O)c3ccc(F)cc3Cl)nc12.Cl. The molecule has 1 aliphatic heterocycles. The number of morpholine rings is 1. The standard InChI is InChI=1S/C21H20Cl2FN3O3S.ClH/c1-29-17-5-4-15(22)19-18(17)25-21(31-19)27(7-6-26-8-10-30-11-9-26)20(28)14-3-2-13(24)12-16(14)23;/h2-5,12H,6-11H2,1H3;1H. The van der Waals surface area contributed by atoms with Crippen molar-refractivity contribution in [1.82, 2.24) is 9.88 Å². The van der Waals surface area contributed by atoms with Gasteiger partial charge in [-0.05, 0) is 30.3 Å². The molecular formula is C21H21Cl3FN3O3S. The molecule has 1 aliphatic rings. The van der Waals surface area contributed by atoms with Gasteiger partial charge in [0.1, 0.15) is 17.1 Å². The molecule has 1 saturated heterocycles. The second-order valence-electron chi connectivity index (χ2n) is 6.96. The molecule has 4 rings (SSSR count). The summed E-state index contributed by atoms with van der Waals surface area (Å²) < 4.78 is 25.1. The van der Waals surface area contributed by atoms with Crippen LogP contribution in [0.5, 0.6) is 5.75 Å². The van der Waals surface area contributed by atoms with Gasteiger partial charge in [-0.3, -0.25) is 14.6 Å². The van der Waals surface area contributed by atoms with Gasteiger partial charge in [0, 0.05) is 26.2 Å². The number of carbonyl (C=O) groups is 1. The number of anilines is 1. The Bertz CT molecular complexity index is 1110. The lowest BCUT2D eigenvalue weighted by Crippen LogP contribution is -2.43. The van der Waals surface area contributed by atoms with Crippen molar-refractivity contribution in [2.75, 3.05) is 51.4 Å². The Balaban J connectivity index is 0.00000289. The fourth-order valence-corrected chi connectivity index (χ4v) is 4.91. The Labute approximate surface area is 205 Å². The van der Waals surface area contributed by atoms with E-state index < -0.39 is 5.82 Å². The minimum absolute atomic E-state index is 0. The molecule has 0 aliphatic carbocycles. The van der Waals surface area contributed by atoms with Gasteiger partial charge in [0.15, 0.2) is 5.13 Å². The van der Waals surface area contributed by atoms with Crippen LogP contribution in [0.25, 0.3) is 10.2 Å². The lowest BCUT2D eigenvalue weighted by Gasteiger charge is -2.29. The van der Waals surface area contributed by atoms with Crippen LogP contribution < -0.4 is 9.64 Å². The maximum Gasteiger partial charge on any atom is 0.261 e. The van der Waals surface area contributed by atoms with Gasteiger partial charge < -0.3 is 9.47 Å². The molecule has 6 nitrogen and oxygen atoms in total. The van der Waals surface area contributed by atoms with E-state index >= 15 is 0 Å². The lowest BCUT2D eigenvalue weighted by molar-refractivity contribution is 0.0391. The molecule has 0 unspecified atom stereocenters. The van der Waals surface area contributed by atoms with Crippen molar-refractivity contribution in [3.05, 3.63) is 51.8 Å². The van der Waals surface area contributed by atoms with Crippen molar-refractivity contribution in [2.45, 2.75) is 0 Å². The van der Waals surface area contributed by atoms with Crippen molar-refractivity contribution in [1.29, 1.82) is 0 Å². The Morgan fingerprint density at radius 2 is 2.00 bits per heavy atom. The molecule has 0 saturated carbocycles. The number of carbonyl (C=O) groups excluding carboxylic acids is 1. The van der Waals surface area contributed by atoms with Gasteiger partial charge in [-0.1, -0.05) is 34.5 Å². The predicted octanol–water partition coefficient (Wildman–Crippen LogP) is 5.15. The fraction of sp³-hybridized carbons (Fsp3) is 0.333. The number of hydrogen-bond acceptors (Lipinski definition) is 6. The molecule has 2 heterocycles. The molecule has 1 amide bonds. The number of benzene rings is 2. The van der Waals surface area contributed by atoms with E-state index in [-0.39, 0.29) is 28.9 Å². The van der Waals surface area contributed by atoms with Crippen LogP contribution in [-0.2, 0) is 4.74 Å². The van der Waals surface area contributed by atoms with E-state index in [0.29, 0.717) is 47.7 Å². The number of thiazole rings is 1. The zero-order valence-electron chi connectivity index (χ0n) is 17.1. The Morgan fingerprint density at radius 1 is 1.25 bits per heavy atom. The average molecular weight is 521 g/mol. The second kappa shape index (κ2) is 11.0. The van der Waals surface area contributed by atoms with E-state index in [0.717, 1.165) is 23.9 Å². The lowest BCUT2D eigenvalue weighted by atomic mass is 10.2. The molecular weight excluding hydrogens is 500 g/mol. The molecule has 1 aromatic heterocycles. The van der Waals surface area contributed by atoms with E-state index in [2.05, 4.69) is 9.88 Å². The number of rotatable bonds is 6. The number of amides is 1. The monoisotopic (exact) mass is 519 g/mol. The van der Waals surface area contributed by atoms with Crippen molar-refractivity contribution < 1.29 is 18.7 Å². The van der Waals surface area contributed by atoms with Crippen molar-refractivity contribution in [2.24, 2.45) is 0 Å². The van der Waals surface area contributed by atoms with Gasteiger partial charge in [-0.15, -0.1) is 12.4 Å². The molecule has 2 aromatic carbocycles. The number of fused-ring (bicyclic) bond motifs is 1. The molecule has 3 aromatic rings. The molecule has 172 valence electrons. The zero-order valence-corrected chi connectivity index (χ0v) is 20.3. The first-order chi connectivity index (χ1) is 15.0. The maximum atomic E-state index is 13.5. The highest BCUT2D eigenvalue weighted by molar-refractivity contribution is 7.23. The first-order valence-electron chi connectivity index (χ1n) is 9.68. The average Bonchev–Trinajstić information content (AvgIpc) is 3.21. The van der Waals surface area contributed by atoms with Gasteiger partial charge in [0.25, 0.3) is 5.91 Å². The number of ether oxygens (including phenoxy) is 2. The summed E-state index contributed by atoms with van der Waals surface area (Å²) in [5, 5.41) is 1.05. The summed E-state index contributed by atoms with van der Waals surface area (Å²) in [6.45, 7) is 3.91. The Morgan fingerprint density at radius 3 is 2.69 bits per heavy atom. The van der Waals surface area contributed by atoms with Gasteiger partial charge >= 0.3 is 0 Å². The zero-order chi connectivity index (χ0) is 22.0. The third-order valence-corrected chi connectivity index (χ3v) is 6.90. The molecule has 0 bridgehead atoms. The highest BCUT2D eigenvalue weighted by Gasteiger charge is 2.26. The first-order valence-corrected chi connectivity index (χ1v) is 11.2. The van der Waals surface area contributed by atoms with E-state index in [1.165, 1.54) is 23.5 Å². The Hall–Kier alpha value is -1.68. The largest absolute Gasteiger partial charge is 0.494 e. The Kier molecular flexibility index (Phi) is 8.55. The number of nitrogens with zero attached hydrogens (tertiary/aromatic N) is 3. The van der Waals surface area contributed by atoms with Crippen molar-refractivity contribution >= 4 is 68.2 Å². The highest BCUT2D eigenvalue weighted by atomic mass is 35.5. The van der Waals surface area contributed by atoms with Crippen LogP contribution in [0.4, 0.5) is 9.52 Å². The summed E-state index contributed by atoms with van der Waals surface area (Å²) in [7, 11) is 1.56. The van der Waals surface area contributed by atoms with Gasteiger partial charge in [-0.25, -0.2) is 9.37 Å². The number of aromatic nitrogens is 1. The van der Waals surface area contributed by atoms with Gasteiger partial charge in [-0.2, -0.15) is 0 Å². The minimum atomic E-state index is -0.502. The van der Waals surface area contributed by atoms with Crippen molar-refractivity contribution in [3.8, 4) is 5.75 Å². The molecule has 0 N–H and O–H groups in total. The fourth-order valence-electron chi connectivity index (χ4n) is 3.38. The topological polar surface area (TPSA) is 54.9 Å². The van der Waals surface area contributed by atoms with Crippen LogP contribution in [0.1, 0.15) is 10.4 Å². The summed E-state index contributed by atoms with van der Waals surface area (Å²) in [6, 6.07) is 7.22. The summed E-state index contributed by atoms with van der Waals surface area (Å²) in [4.78, 5) is 21.9. The summed E-state index contributed by atoms with van der Waals surface area (Å²) in [5.41, 5.74) is 0.798. The second-order valence-corrected chi connectivity index (χ2v) is 8.75. The molecule has 1 fully saturated rings. The van der Waals surface area contributed by atoms with E-state index in [1.807, 2.05) is 0 Å². The summed E-state index contributed by atoms with van der Waals surface area (Å²) in [5.74, 6) is -0.285. The van der Waals surface area contributed by atoms with E-state index in [9.17, 15) is 9.18 Å². The van der Waals surface area contributed by atoms with Crippen LogP contribution in [0.2, 0.25) is 10.0 Å². The summed E-state index contributed by atoms with van der Waals surface area (Å²) >= 11 is 13.9. The van der Waals surface area contributed by atoms with Crippen LogP contribution in [0.15, 0.2) is 30.3 Å². The molecule has 32 heavy (non-hydrogen) atoms. The molecule has 0 spiro atoms. The van der Waals surface area contributed by atoms with Gasteiger partial charge in [0.2, 0.25) is 0 Å². The van der Waals surface area contributed by atoms with Crippen LogP contribution in [-0.4, -0.2) is 62.3 Å². The quantitative estimate of drug-likeness (QED) is 0.450. The molecule has 0 atom stereocenters.